The van der Waals surface area contributed by atoms with Crippen molar-refractivity contribution < 1.29 is 0 Å². The zero-order chi connectivity index (χ0) is 11.2. The van der Waals surface area contributed by atoms with Crippen LogP contribution in [0.3, 0.4) is 0 Å². The molecule has 0 radical (unpaired) electrons. The number of hydrogen-bond donors (Lipinski definition) is 0. The van der Waals surface area contributed by atoms with E-state index in [0.717, 1.165) is 11.1 Å². The summed E-state index contributed by atoms with van der Waals surface area (Å²) >= 11 is 0. The van der Waals surface area contributed by atoms with Gasteiger partial charge in [-0.15, -0.1) is 4.91 Å². The maximum Gasteiger partial charge on any atom is 0.108 e. The van der Waals surface area contributed by atoms with Crippen LogP contribution >= 0.6 is 0 Å². The quantitative estimate of drug-likeness (QED) is 0.725. The Morgan fingerprint density at radius 3 is 2.50 bits per heavy atom. The van der Waals surface area contributed by atoms with E-state index in [1.54, 1.807) is 24.5 Å². The van der Waals surface area contributed by atoms with Crippen molar-refractivity contribution >= 4 is 17.8 Å². The Morgan fingerprint density at radius 1 is 1.00 bits per heavy atom. The normalized spacial score (nSPS) is 10.5. The molecule has 1 heterocycles. The number of nitroso groups, excluding NO2 is 1. The van der Waals surface area contributed by atoms with E-state index in [1.165, 1.54) is 0 Å². The zero-order valence-corrected chi connectivity index (χ0v) is 8.58. The molecule has 0 spiro atoms. The molecule has 16 heavy (non-hydrogen) atoms. The van der Waals surface area contributed by atoms with E-state index in [-0.39, 0.29) is 0 Å². The summed E-state index contributed by atoms with van der Waals surface area (Å²) < 4.78 is 0. The van der Waals surface area contributed by atoms with Gasteiger partial charge < -0.3 is 0 Å². The van der Waals surface area contributed by atoms with Gasteiger partial charge in [0.05, 0.1) is 0 Å². The van der Waals surface area contributed by atoms with Crippen LogP contribution in [0.25, 0.3) is 12.2 Å². The van der Waals surface area contributed by atoms with Crippen molar-refractivity contribution in [1.29, 1.82) is 0 Å². The second-order valence-electron chi connectivity index (χ2n) is 3.30. The summed E-state index contributed by atoms with van der Waals surface area (Å²) in [5.41, 5.74) is 2.46. The first-order valence-electron chi connectivity index (χ1n) is 4.90. The van der Waals surface area contributed by atoms with Gasteiger partial charge in [-0.2, -0.15) is 0 Å². The van der Waals surface area contributed by atoms with Crippen LogP contribution in [0.2, 0.25) is 0 Å². The first-order valence-corrected chi connectivity index (χ1v) is 4.90. The first-order chi connectivity index (χ1) is 7.88. The van der Waals surface area contributed by atoms with Crippen molar-refractivity contribution in [2.24, 2.45) is 5.18 Å². The minimum Gasteiger partial charge on any atom is -0.265 e. The van der Waals surface area contributed by atoms with Crippen LogP contribution in [0.1, 0.15) is 11.1 Å². The highest BCUT2D eigenvalue weighted by molar-refractivity contribution is 5.70. The minimum absolute atomic E-state index is 0.442. The Kier molecular flexibility index (Phi) is 3.18. The van der Waals surface area contributed by atoms with Gasteiger partial charge in [0, 0.05) is 12.4 Å². The van der Waals surface area contributed by atoms with Gasteiger partial charge in [-0.25, -0.2) is 0 Å². The van der Waals surface area contributed by atoms with Crippen molar-refractivity contribution in [2.75, 3.05) is 0 Å². The molecule has 2 rings (SSSR count). The summed E-state index contributed by atoms with van der Waals surface area (Å²) in [5, 5.41) is 2.89. The van der Waals surface area contributed by atoms with Crippen LogP contribution in [-0.4, -0.2) is 4.98 Å². The lowest BCUT2D eigenvalue weighted by Crippen LogP contribution is -1.73. The number of aromatic nitrogens is 1. The number of pyridine rings is 1. The average molecular weight is 210 g/mol. The van der Waals surface area contributed by atoms with Gasteiger partial charge >= 0.3 is 0 Å². The fourth-order valence-electron chi connectivity index (χ4n) is 1.35. The first kappa shape index (κ1) is 10.2. The monoisotopic (exact) mass is 210 g/mol. The molecule has 0 aliphatic rings. The topological polar surface area (TPSA) is 42.3 Å². The average Bonchev–Trinajstić information content (AvgIpc) is 2.38. The Labute approximate surface area is 93.4 Å². The van der Waals surface area contributed by atoms with Crippen LogP contribution in [-0.2, 0) is 0 Å². The molecule has 0 bridgehead atoms. The molecule has 3 nitrogen and oxygen atoms in total. The third-order valence-electron chi connectivity index (χ3n) is 2.15. The van der Waals surface area contributed by atoms with Crippen LogP contribution in [0.15, 0.2) is 54.0 Å². The van der Waals surface area contributed by atoms with Gasteiger partial charge in [0.25, 0.3) is 0 Å². The van der Waals surface area contributed by atoms with Crippen molar-refractivity contribution in [2.45, 2.75) is 0 Å². The number of nitrogens with zero attached hydrogens (tertiary/aromatic N) is 2. The lowest BCUT2D eigenvalue weighted by atomic mass is 10.1. The van der Waals surface area contributed by atoms with Crippen molar-refractivity contribution in [1.82, 2.24) is 4.98 Å². The lowest BCUT2D eigenvalue weighted by Gasteiger charge is -1.94. The van der Waals surface area contributed by atoms with Gasteiger partial charge in [-0.3, -0.25) is 4.98 Å². The molecule has 0 saturated heterocycles. The molecule has 0 fully saturated rings. The van der Waals surface area contributed by atoms with Gasteiger partial charge in [0.15, 0.2) is 0 Å². The molecule has 1 aromatic carbocycles. The van der Waals surface area contributed by atoms with Crippen LogP contribution in [0, 0.1) is 4.91 Å². The van der Waals surface area contributed by atoms with E-state index in [2.05, 4.69) is 10.2 Å². The molecule has 0 amide bonds. The molecule has 0 aliphatic heterocycles. The van der Waals surface area contributed by atoms with Crippen LogP contribution in [0.4, 0.5) is 5.69 Å². The molecule has 1 aromatic heterocycles. The summed E-state index contributed by atoms with van der Waals surface area (Å²) in [5.74, 6) is 0. The molecule has 0 N–H and O–H groups in total. The fourth-order valence-corrected chi connectivity index (χ4v) is 1.35. The van der Waals surface area contributed by atoms with Gasteiger partial charge in [0.2, 0.25) is 0 Å². The van der Waals surface area contributed by atoms with Crippen molar-refractivity contribution in [3.05, 3.63) is 64.8 Å². The largest absolute Gasteiger partial charge is 0.265 e. The second kappa shape index (κ2) is 4.98. The van der Waals surface area contributed by atoms with Crippen molar-refractivity contribution in [3.63, 3.8) is 0 Å². The maximum atomic E-state index is 10.4. The molecule has 78 valence electrons. The number of benzene rings is 1. The fraction of sp³-hybridized carbons (Fsp3) is 0. The highest BCUT2D eigenvalue weighted by Gasteiger charge is 1.91. The second-order valence-corrected chi connectivity index (χ2v) is 3.30. The third-order valence-corrected chi connectivity index (χ3v) is 2.15. The number of hydrogen-bond acceptors (Lipinski definition) is 3. The summed E-state index contributed by atoms with van der Waals surface area (Å²) in [6.07, 6.45) is 7.38. The molecule has 0 atom stereocenters. The predicted octanol–water partition coefficient (Wildman–Crippen LogP) is 3.65. The molecule has 0 unspecified atom stereocenters. The molecule has 3 heteroatoms. The van der Waals surface area contributed by atoms with E-state index in [9.17, 15) is 4.91 Å². The van der Waals surface area contributed by atoms with Gasteiger partial charge in [0.1, 0.15) is 5.69 Å². The van der Waals surface area contributed by atoms with E-state index in [4.69, 9.17) is 0 Å². The van der Waals surface area contributed by atoms with Crippen LogP contribution in [0.5, 0.6) is 0 Å². The summed E-state index contributed by atoms with van der Waals surface area (Å²) in [6.45, 7) is 0. The van der Waals surface area contributed by atoms with E-state index in [1.807, 2.05) is 36.4 Å². The standard InChI is InChI=1S/C13H10N2O/c16-15-13-3-1-2-12(10-13)5-4-11-6-8-14-9-7-11/h1-10H. The smallest absolute Gasteiger partial charge is 0.108 e. The highest BCUT2D eigenvalue weighted by Crippen LogP contribution is 2.15. The Morgan fingerprint density at radius 2 is 1.75 bits per heavy atom. The third kappa shape index (κ3) is 2.60. The van der Waals surface area contributed by atoms with E-state index >= 15 is 0 Å². The SMILES string of the molecule is O=Nc1cccc(C=Cc2ccncc2)c1. The van der Waals surface area contributed by atoms with Crippen LogP contribution < -0.4 is 0 Å². The lowest BCUT2D eigenvalue weighted by molar-refractivity contribution is 1.32. The molecule has 2 aromatic rings. The van der Waals surface area contributed by atoms with Gasteiger partial charge in [-0.05, 0) is 40.6 Å². The zero-order valence-electron chi connectivity index (χ0n) is 8.58. The van der Waals surface area contributed by atoms with Gasteiger partial charge in [-0.1, -0.05) is 24.3 Å². The Bertz CT molecular complexity index is 506. The number of rotatable bonds is 3. The summed E-state index contributed by atoms with van der Waals surface area (Å²) in [7, 11) is 0. The maximum absolute atomic E-state index is 10.4. The van der Waals surface area contributed by atoms with Crippen molar-refractivity contribution in [3.8, 4) is 0 Å². The molecule has 0 saturated carbocycles. The Hall–Kier alpha value is -2.29. The molecular weight excluding hydrogens is 200 g/mol. The molecular formula is C13H10N2O. The Balaban J connectivity index is 2.20. The summed E-state index contributed by atoms with van der Waals surface area (Å²) in [4.78, 5) is 14.3. The predicted molar refractivity (Wildman–Crippen MR) is 65.1 cm³/mol. The molecule has 0 aliphatic carbocycles. The highest BCUT2D eigenvalue weighted by atomic mass is 16.3. The van der Waals surface area contributed by atoms with E-state index < -0.39 is 0 Å². The summed E-state index contributed by atoms with van der Waals surface area (Å²) in [6, 6.07) is 11.0. The minimum atomic E-state index is 0.442. The van der Waals surface area contributed by atoms with E-state index in [0.29, 0.717) is 5.69 Å².